The smallest absolute Gasteiger partial charge is 0.300 e. The largest absolute Gasteiger partial charge is 0.507 e. The van der Waals surface area contributed by atoms with Crippen molar-refractivity contribution in [3.05, 3.63) is 125 Å². The third kappa shape index (κ3) is 4.45. The summed E-state index contributed by atoms with van der Waals surface area (Å²) in [6, 6.07) is 26.9. The van der Waals surface area contributed by atoms with E-state index in [-0.39, 0.29) is 22.8 Å². The van der Waals surface area contributed by atoms with Crippen LogP contribution in [0.5, 0.6) is 17.2 Å². The highest BCUT2D eigenvalue weighted by molar-refractivity contribution is 6.51. The van der Waals surface area contributed by atoms with Crippen molar-refractivity contribution in [2.75, 3.05) is 4.90 Å². The van der Waals surface area contributed by atoms with Crippen molar-refractivity contribution in [1.29, 1.82) is 0 Å². The molecule has 1 saturated heterocycles. The Hall–Kier alpha value is -4.84. The lowest BCUT2D eigenvalue weighted by atomic mass is 9.94. The summed E-state index contributed by atoms with van der Waals surface area (Å²) in [6.07, 6.45) is 0. The lowest BCUT2D eigenvalue weighted by Crippen LogP contribution is -2.29. The molecule has 37 heavy (non-hydrogen) atoms. The highest BCUT2D eigenvalue weighted by atomic mass is 16.5. The van der Waals surface area contributed by atoms with Gasteiger partial charge in [-0.2, -0.15) is 0 Å². The van der Waals surface area contributed by atoms with Crippen molar-refractivity contribution >= 4 is 23.1 Å². The van der Waals surface area contributed by atoms with Gasteiger partial charge in [0.25, 0.3) is 11.7 Å². The molecule has 0 bridgehead atoms. The van der Waals surface area contributed by atoms with Gasteiger partial charge in [-0.15, -0.1) is 0 Å². The summed E-state index contributed by atoms with van der Waals surface area (Å²) in [5, 5.41) is 22.0. The minimum absolute atomic E-state index is 0.0617. The van der Waals surface area contributed by atoms with E-state index in [1.165, 1.54) is 11.0 Å². The molecular weight excluding hydrogens is 466 g/mol. The fourth-order valence-electron chi connectivity index (χ4n) is 4.48. The minimum Gasteiger partial charge on any atom is -0.507 e. The van der Waals surface area contributed by atoms with Gasteiger partial charge in [-0.1, -0.05) is 54.6 Å². The van der Waals surface area contributed by atoms with E-state index in [0.717, 1.165) is 11.1 Å². The molecule has 1 aliphatic rings. The number of aryl methyl sites for hydroxylation is 2. The van der Waals surface area contributed by atoms with Gasteiger partial charge in [0.2, 0.25) is 0 Å². The first-order valence-corrected chi connectivity index (χ1v) is 11.8. The van der Waals surface area contributed by atoms with E-state index in [4.69, 9.17) is 4.74 Å². The van der Waals surface area contributed by atoms with Crippen molar-refractivity contribution in [3.63, 3.8) is 0 Å². The van der Waals surface area contributed by atoms with Crippen molar-refractivity contribution in [3.8, 4) is 17.2 Å². The number of hydrogen-bond acceptors (Lipinski definition) is 5. The van der Waals surface area contributed by atoms with E-state index in [9.17, 15) is 19.8 Å². The zero-order valence-corrected chi connectivity index (χ0v) is 20.4. The van der Waals surface area contributed by atoms with Crippen molar-refractivity contribution in [2.45, 2.75) is 19.9 Å². The van der Waals surface area contributed by atoms with E-state index in [1.54, 1.807) is 54.6 Å². The molecule has 0 aliphatic carbocycles. The first-order valence-electron chi connectivity index (χ1n) is 11.8. The fourth-order valence-corrected chi connectivity index (χ4v) is 4.48. The summed E-state index contributed by atoms with van der Waals surface area (Å²) in [4.78, 5) is 28.0. The number of aliphatic hydroxyl groups is 1. The van der Waals surface area contributed by atoms with Crippen molar-refractivity contribution in [2.24, 2.45) is 0 Å². The molecule has 5 rings (SSSR count). The van der Waals surface area contributed by atoms with E-state index in [2.05, 4.69) is 0 Å². The average Bonchev–Trinajstić information content (AvgIpc) is 3.16. The summed E-state index contributed by atoms with van der Waals surface area (Å²) >= 11 is 0. The zero-order chi connectivity index (χ0) is 26.1. The van der Waals surface area contributed by atoms with Crippen LogP contribution in [-0.4, -0.2) is 21.9 Å². The quantitative estimate of drug-likeness (QED) is 0.191. The molecule has 0 saturated carbocycles. The topological polar surface area (TPSA) is 87.1 Å². The standard InChI is InChI=1S/C31H25NO5/c1-19-15-16-22(17-20(19)2)29(34)27-28(32(31(36)30(27)35)25-13-6-7-14-26(25)33)21-9-8-12-24(18-21)37-23-10-4-3-5-11-23/h3-18,28,33-34H,1-2H3/b29-27-. The maximum Gasteiger partial charge on any atom is 0.300 e. The third-order valence-electron chi connectivity index (χ3n) is 6.52. The van der Waals surface area contributed by atoms with Gasteiger partial charge in [0.1, 0.15) is 23.0 Å². The van der Waals surface area contributed by atoms with Crippen LogP contribution in [0.15, 0.2) is 103 Å². The Morgan fingerprint density at radius 1 is 0.784 bits per heavy atom. The van der Waals surface area contributed by atoms with Crippen molar-refractivity contribution < 1.29 is 24.5 Å². The molecule has 0 aromatic heterocycles. The van der Waals surface area contributed by atoms with E-state index in [0.29, 0.717) is 22.6 Å². The number of carbonyl (C=O) groups excluding carboxylic acids is 2. The number of aliphatic hydroxyl groups excluding tert-OH is 1. The molecule has 1 amide bonds. The van der Waals surface area contributed by atoms with Gasteiger partial charge < -0.3 is 14.9 Å². The monoisotopic (exact) mass is 491 g/mol. The second-order valence-electron chi connectivity index (χ2n) is 8.94. The van der Waals surface area contributed by atoms with Crippen LogP contribution in [0.4, 0.5) is 5.69 Å². The summed E-state index contributed by atoms with van der Waals surface area (Å²) in [5.41, 5.74) is 3.06. The number of benzene rings is 4. The molecule has 4 aromatic rings. The Morgan fingerprint density at radius 2 is 1.49 bits per heavy atom. The third-order valence-corrected chi connectivity index (χ3v) is 6.52. The van der Waals surface area contributed by atoms with Gasteiger partial charge in [-0.25, -0.2) is 0 Å². The number of carbonyl (C=O) groups is 2. The van der Waals surface area contributed by atoms with Gasteiger partial charge in [0.15, 0.2) is 0 Å². The Morgan fingerprint density at radius 3 is 2.22 bits per heavy atom. The Bertz CT molecular complexity index is 1540. The highest BCUT2D eigenvalue weighted by Crippen LogP contribution is 2.45. The van der Waals surface area contributed by atoms with Crippen LogP contribution in [0.3, 0.4) is 0 Å². The predicted molar refractivity (Wildman–Crippen MR) is 142 cm³/mol. The van der Waals surface area contributed by atoms with Crippen LogP contribution in [-0.2, 0) is 9.59 Å². The van der Waals surface area contributed by atoms with Crippen LogP contribution in [0.2, 0.25) is 0 Å². The first-order chi connectivity index (χ1) is 17.8. The molecule has 0 spiro atoms. The van der Waals surface area contributed by atoms with Crippen LogP contribution in [0.25, 0.3) is 5.76 Å². The number of hydrogen-bond donors (Lipinski definition) is 2. The number of rotatable bonds is 5. The van der Waals surface area contributed by atoms with Crippen LogP contribution in [0, 0.1) is 13.8 Å². The van der Waals surface area contributed by atoms with Gasteiger partial charge in [-0.3, -0.25) is 14.5 Å². The average molecular weight is 492 g/mol. The summed E-state index contributed by atoms with van der Waals surface area (Å²) < 4.78 is 5.99. The maximum absolute atomic E-state index is 13.4. The highest BCUT2D eigenvalue weighted by Gasteiger charge is 2.47. The number of ketones is 1. The molecular formula is C31H25NO5. The normalized spacial score (nSPS) is 16.7. The van der Waals surface area contributed by atoms with Crippen LogP contribution >= 0.6 is 0 Å². The molecule has 1 unspecified atom stereocenters. The van der Waals surface area contributed by atoms with E-state index >= 15 is 0 Å². The number of nitrogens with zero attached hydrogens (tertiary/aromatic N) is 1. The summed E-state index contributed by atoms with van der Waals surface area (Å²) in [6.45, 7) is 3.86. The Labute approximate surface area is 214 Å². The Balaban J connectivity index is 1.69. The van der Waals surface area contributed by atoms with Crippen LogP contribution in [0.1, 0.15) is 28.3 Å². The molecule has 6 heteroatoms. The van der Waals surface area contributed by atoms with Gasteiger partial charge in [0.05, 0.1) is 17.3 Å². The number of anilines is 1. The van der Waals surface area contributed by atoms with Gasteiger partial charge >= 0.3 is 0 Å². The number of phenols is 1. The summed E-state index contributed by atoms with van der Waals surface area (Å²) in [7, 11) is 0. The molecule has 4 aromatic carbocycles. The lowest BCUT2D eigenvalue weighted by Gasteiger charge is -2.26. The van der Waals surface area contributed by atoms with E-state index in [1.807, 2.05) is 50.2 Å². The van der Waals surface area contributed by atoms with Gasteiger partial charge in [-0.05, 0) is 73.0 Å². The maximum atomic E-state index is 13.4. The zero-order valence-electron chi connectivity index (χ0n) is 20.4. The molecule has 1 atom stereocenters. The number of phenolic OH excluding ortho intramolecular Hbond substituents is 1. The van der Waals surface area contributed by atoms with E-state index < -0.39 is 17.7 Å². The molecule has 6 nitrogen and oxygen atoms in total. The number of ether oxygens (including phenoxy) is 1. The first kappa shape index (κ1) is 23.9. The second-order valence-corrected chi connectivity index (χ2v) is 8.94. The molecule has 1 aliphatic heterocycles. The minimum atomic E-state index is -0.991. The van der Waals surface area contributed by atoms with Gasteiger partial charge in [0, 0.05) is 5.56 Å². The lowest BCUT2D eigenvalue weighted by molar-refractivity contribution is -0.132. The summed E-state index contributed by atoms with van der Waals surface area (Å²) in [5.74, 6) is -0.983. The number of aromatic hydroxyl groups is 1. The van der Waals surface area contributed by atoms with Crippen molar-refractivity contribution in [1.82, 2.24) is 0 Å². The molecule has 0 radical (unpaired) electrons. The SMILES string of the molecule is Cc1ccc(/C(O)=C2/C(=O)C(=O)N(c3ccccc3O)C2c2cccc(Oc3ccccc3)c2)cc1C. The molecule has 2 N–H and O–H groups in total. The van der Waals surface area contributed by atoms with Crippen LogP contribution < -0.4 is 9.64 Å². The number of amides is 1. The number of para-hydroxylation sites is 3. The molecule has 184 valence electrons. The number of Topliss-reactive ketones (excluding diaryl/α,β-unsaturated/α-hetero) is 1. The second kappa shape index (κ2) is 9.66. The predicted octanol–water partition coefficient (Wildman–Crippen LogP) is 6.43. The molecule has 1 heterocycles. The Kier molecular flexibility index (Phi) is 6.24. The fraction of sp³-hybridized carbons (Fsp3) is 0.0968. The molecule has 1 fully saturated rings.